The number of amides is 1. The molecule has 1 aromatic carbocycles. The van der Waals surface area contributed by atoms with Gasteiger partial charge in [-0.1, -0.05) is 29.3 Å². The average molecular weight is 318 g/mol. The number of carbonyl (C=O) groups is 2. The first-order chi connectivity index (χ1) is 8.45. The first kappa shape index (κ1) is 14.6. The van der Waals surface area contributed by atoms with Gasteiger partial charge in [-0.25, -0.2) is 9.18 Å². The van der Waals surface area contributed by atoms with Crippen molar-refractivity contribution in [1.29, 1.82) is 0 Å². The van der Waals surface area contributed by atoms with Gasteiger partial charge in [-0.15, -0.1) is 0 Å². The summed E-state index contributed by atoms with van der Waals surface area (Å²) in [6.45, 7) is 1.81. The highest BCUT2D eigenvalue weighted by atomic mass is 79.9. The smallest absolute Gasteiger partial charge is 0.326 e. The third kappa shape index (κ3) is 3.80. The number of carbonyl (C=O) groups excluding carboxylic acids is 1. The molecule has 1 aromatic rings. The number of halogens is 2. The van der Waals surface area contributed by atoms with E-state index in [0.29, 0.717) is 17.3 Å². The molecule has 0 saturated carbocycles. The second-order valence-electron chi connectivity index (χ2n) is 3.78. The van der Waals surface area contributed by atoms with Crippen molar-refractivity contribution in [3.8, 4) is 0 Å². The summed E-state index contributed by atoms with van der Waals surface area (Å²) in [4.78, 5) is 22.7. The maximum atomic E-state index is 13.4. The Bertz CT molecular complexity index is 465. The molecule has 1 unspecified atom stereocenters. The SMILES string of the molecule is CCCC(NC(=O)c1cc(Br)ccc1F)C(=O)O. The predicted molar refractivity (Wildman–Crippen MR) is 67.9 cm³/mol. The quantitative estimate of drug-likeness (QED) is 0.877. The van der Waals surface area contributed by atoms with Crippen molar-refractivity contribution < 1.29 is 19.1 Å². The lowest BCUT2D eigenvalue weighted by Crippen LogP contribution is -2.40. The lowest BCUT2D eigenvalue weighted by atomic mass is 10.1. The Hall–Kier alpha value is -1.43. The normalized spacial score (nSPS) is 11.9. The van der Waals surface area contributed by atoms with Gasteiger partial charge in [0.1, 0.15) is 11.9 Å². The number of carboxylic acid groups (broad SMARTS) is 1. The topological polar surface area (TPSA) is 66.4 Å². The summed E-state index contributed by atoms with van der Waals surface area (Å²) >= 11 is 3.13. The first-order valence-electron chi connectivity index (χ1n) is 5.44. The van der Waals surface area contributed by atoms with Gasteiger partial charge in [0.05, 0.1) is 5.56 Å². The molecule has 0 aliphatic carbocycles. The molecular formula is C12H13BrFNO3. The molecule has 0 aromatic heterocycles. The van der Waals surface area contributed by atoms with Crippen LogP contribution in [0.3, 0.4) is 0 Å². The van der Waals surface area contributed by atoms with Gasteiger partial charge >= 0.3 is 5.97 Å². The number of benzene rings is 1. The highest BCUT2D eigenvalue weighted by Gasteiger charge is 2.21. The lowest BCUT2D eigenvalue weighted by Gasteiger charge is -2.13. The number of hydrogen-bond donors (Lipinski definition) is 2. The molecule has 18 heavy (non-hydrogen) atoms. The van der Waals surface area contributed by atoms with Crippen LogP contribution in [0.25, 0.3) is 0 Å². The Morgan fingerprint density at radius 3 is 2.72 bits per heavy atom. The minimum atomic E-state index is -1.12. The van der Waals surface area contributed by atoms with Crippen LogP contribution in [0.4, 0.5) is 4.39 Å². The fraction of sp³-hybridized carbons (Fsp3) is 0.333. The summed E-state index contributed by atoms with van der Waals surface area (Å²) in [7, 11) is 0. The maximum Gasteiger partial charge on any atom is 0.326 e. The Kier molecular flexibility index (Phi) is 5.27. The van der Waals surface area contributed by atoms with Crippen LogP contribution >= 0.6 is 15.9 Å². The fourth-order valence-electron chi connectivity index (χ4n) is 1.45. The van der Waals surface area contributed by atoms with Crippen LogP contribution in [0.5, 0.6) is 0 Å². The molecule has 0 heterocycles. The zero-order valence-electron chi connectivity index (χ0n) is 9.74. The van der Waals surface area contributed by atoms with Crippen LogP contribution in [0, 0.1) is 5.82 Å². The second-order valence-corrected chi connectivity index (χ2v) is 4.69. The molecule has 0 saturated heterocycles. The molecule has 0 aliphatic heterocycles. The van der Waals surface area contributed by atoms with E-state index in [1.54, 1.807) is 0 Å². The lowest BCUT2D eigenvalue weighted by molar-refractivity contribution is -0.139. The van der Waals surface area contributed by atoms with Crippen LogP contribution in [-0.2, 0) is 4.79 Å². The van der Waals surface area contributed by atoms with Crippen LogP contribution in [0.2, 0.25) is 0 Å². The highest BCUT2D eigenvalue weighted by Crippen LogP contribution is 2.15. The number of rotatable bonds is 5. The van der Waals surface area contributed by atoms with Crippen molar-refractivity contribution in [2.45, 2.75) is 25.8 Å². The van der Waals surface area contributed by atoms with Crippen molar-refractivity contribution in [2.75, 3.05) is 0 Å². The van der Waals surface area contributed by atoms with E-state index in [9.17, 15) is 14.0 Å². The molecule has 0 radical (unpaired) electrons. The van der Waals surface area contributed by atoms with Crippen molar-refractivity contribution >= 4 is 27.8 Å². The van der Waals surface area contributed by atoms with Gasteiger partial charge in [0.2, 0.25) is 0 Å². The van der Waals surface area contributed by atoms with Gasteiger partial charge in [-0.05, 0) is 24.6 Å². The molecule has 0 aliphatic rings. The van der Waals surface area contributed by atoms with Gasteiger partial charge in [-0.2, -0.15) is 0 Å². The van der Waals surface area contributed by atoms with E-state index in [1.165, 1.54) is 12.1 Å². The van der Waals surface area contributed by atoms with Crippen molar-refractivity contribution in [2.24, 2.45) is 0 Å². The molecule has 4 nitrogen and oxygen atoms in total. The second kappa shape index (κ2) is 6.49. The molecule has 1 atom stereocenters. The summed E-state index contributed by atoms with van der Waals surface area (Å²) in [5.74, 6) is -2.54. The Balaban J connectivity index is 2.86. The molecule has 1 rings (SSSR count). The van der Waals surface area contributed by atoms with Gasteiger partial charge in [0, 0.05) is 4.47 Å². The van der Waals surface area contributed by atoms with E-state index in [1.807, 2.05) is 6.92 Å². The maximum absolute atomic E-state index is 13.4. The number of nitrogens with one attached hydrogen (secondary N) is 1. The Labute approximate surface area is 112 Å². The third-order valence-electron chi connectivity index (χ3n) is 2.35. The molecule has 1 amide bonds. The molecule has 0 bridgehead atoms. The number of carboxylic acids is 1. The highest BCUT2D eigenvalue weighted by molar-refractivity contribution is 9.10. The third-order valence-corrected chi connectivity index (χ3v) is 2.85. The van der Waals surface area contributed by atoms with Crippen LogP contribution in [0.1, 0.15) is 30.1 Å². The van der Waals surface area contributed by atoms with E-state index in [0.717, 1.165) is 6.07 Å². The number of aliphatic carboxylic acids is 1. The molecule has 6 heteroatoms. The molecular weight excluding hydrogens is 305 g/mol. The van der Waals surface area contributed by atoms with Crippen molar-refractivity contribution in [3.05, 3.63) is 34.1 Å². The predicted octanol–water partition coefficient (Wildman–Crippen LogP) is 2.57. The Morgan fingerprint density at radius 2 is 2.17 bits per heavy atom. The van der Waals surface area contributed by atoms with E-state index in [4.69, 9.17) is 5.11 Å². The standard InChI is InChI=1S/C12H13BrFNO3/c1-2-3-10(12(17)18)15-11(16)8-6-7(13)4-5-9(8)14/h4-6,10H,2-3H2,1H3,(H,15,16)(H,17,18). The summed E-state index contributed by atoms with van der Waals surface area (Å²) in [6, 6.07) is 2.93. The molecule has 0 fully saturated rings. The largest absolute Gasteiger partial charge is 0.480 e. The van der Waals surface area contributed by atoms with Gasteiger partial charge in [-0.3, -0.25) is 4.79 Å². The summed E-state index contributed by atoms with van der Waals surface area (Å²) in [5.41, 5.74) is -0.174. The van der Waals surface area contributed by atoms with E-state index in [2.05, 4.69) is 21.2 Å². The monoisotopic (exact) mass is 317 g/mol. The first-order valence-corrected chi connectivity index (χ1v) is 6.23. The number of hydrogen-bond acceptors (Lipinski definition) is 2. The minimum absolute atomic E-state index is 0.174. The zero-order valence-corrected chi connectivity index (χ0v) is 11.3. The fourth-order valence-corrected chi connectivity index (χ4v) is 1.81. The minimum Gasteiger partial charge on any atom is -0.480 e. The van der Waals surface area contributed by atoms with E-state index < -0.39 is 23.7 Å². The summed E-state index contributed by atoms with van der Waals surface area (Å²) in [6.07, 6.45) is 0.912. The van der Waals surface area contributed by atoms with Crippen LogP contribution in [0.15, 0.2) is 22.7 Å². The van der Waals surface area contributed by atoms with Crippen LogP contribution < -0.4 is 5.32 Å². The van der Waals surface area contributed by atoms with Crippen molar-refractivity contribution in [3.63, 3.8) is 0 Å². The summed E-state index contributed by atoms with van der Waals surface area (Å²) < 4.78 is 14.0. The van der Waals surface area contributed by atoms with Crippen LogP contribution in [-0.4, -0.2) is 23.0 Å². The zero-order chi connectivity index (χ0) is 13.7. The van der Waals surface area contributed by atoms with E-state index >= 15 is 0 Å². The summed E-state index contributed by atoms with van der Waals surface area (Å²) in [5, 5.41) is 11.2. The molecule has 2 N–H and O–H groups in total. The van der Waals surface area contributed by atoms with Crippen molar-refractivity contribution in [1.82, 2.24) is 5.32 Å². The van der Waals surface area contributed by atoms with Gasteiger partial charge in [0.15, 0.2) is 0 Å². The molecule has 0 spiro atoms. The van der Waals surface area contributed by atoms with Gasteiger partial charge in [0.25, 0.3) is 5.91 Å². The average Bonchev–Trinajstić information content (AvgIpc) is 2.31. The van der Waals surface area contributed by atoms with Gasteiger partial charge < -0.3 is 10.4 Å². The molecule has 98 valence electrons. The Morgan fingerprint density at radius 1 is 1.50 bits per heavy atom. The van der Waals surface area contributed by atoms with E-state index in [-0.39, 0.29) is 5.56 Å².